The van der Waals surface area contributed by atoms with Crippen LogP contribution in [0.25, 0.3) is 0 Å². The molecule has 3 heterocycles. The number of nitrogens with zero attached hydrogens (tertiary/aromatic N) is 4. The lowest BCUT2D eigenvalue weighted by Gasteiger charge is -2.31. The van der Waals surface area contributed by atoms with E-state index in [-0.39, 0.29) is 11.8 Å². The molecule has 0 radical (unpaired) electrons. The summed E-state index contributed by atoms with van der Waals surface area (Å²) in [6.45, 7) is 3.29. The van der Waals surface area contributed by atoms with Crippen LogP contribution in [0.3, 0.4) is 0 Å². The molecule has 0 aromatic carbocycles. The van der Waals surface area contributed by atoms with Gasteiger partial charge in [-0.05, 0) is 24.8 Å². The summed E-state index contributed by atoms with van der Waals surface area (Å²) in [6, 6.07) is 0. The summed E-state index contributed by atoms with van der Waals surface area (Å²) in [5.74, 6) is 1.67. The highest BCUT2D eigenvalue weighted by Gasteiger charge is 2.27. The first-order valence-corrected chi connectivity index (χ1v) is 7.28. The molecule has 2 aromatic rings. The standard InChI is InChI=1S/C14H19N5O2/c1-10-17-14(18-21-10)12-3-2-6-19(9-12)13(20)5-4-11-7-15-16-8-11/h7-8,12H,2-6,9H2,1H3,(H,15,16). The maximum absolute atomic E-state index is 12.3. The summed E-state index contributed by atoms with van der Waals surface area (Å²) in [6.07, 6.45) is 6.80. The van der Waals surface area contributed by atoms with Crippen LogP contribution in [0.15, 0.2) is 16.9 Å². The van der Waals surface area contributed by atoms with E-state index in [0.29, 0.717) is 18.9 Å². The Morgan fingerprint density at radius 2 is 2.48 bits per heavy atom. The summed E-state index contributed by atoms with van der Waals surface area (Å²) >= 11 is 0. The van der Waals surface area contributed by atoms with Crippen LogP contribution in [0.2, 0.25) is 0 Å². The maximum Gasteiger partial charge on any atom is 0.223 e. The molecule has 112 valence electrons. The number of carbonyl (C=O) groups is 1. The summed E-state index contributed by atoms with van der Waals surface area (Å²) in [5.41, 5.74) is 1.06. The number of hydrogen-bond acceptors (Lipinski definition) is 5. The first kappa shape index (κ1) is 13.8. The molecule has 1 fully saturated rings. The van der Waals surface area contributed by atoms with Crippen molar-refractivity contribution in [2.45, 2.75) is 38.5 Å². The molecule has 21 heavy (non-hydrogen) atoms. The Balaban J connectivity index is 1.56. The predicted molar refractivity (Wildman–Crippen MR) is 74.5 cm³/mol. The van der Waals surface area contributed by atoms with Crippen molar-refractivity contribution in [3.8, 4) is 0 Å². The summed E-state index contributed by atoms with van der Waals surface area (Å²) in [7, 11) is 0. The number of amides is 1. The van der Waals surface area contributed by atoms with Gasteiger partial charge >= 0.3 is 0 Å². The molecular weight excluding hydrogens is 270 g/mol. The van der Waals surface area contributed by atoms with Crippen LogP contribution in [-0.4, -0.2) is 44.2 Å². The zero-order valence-corrected chi connectivity index (χ0v) is 12.1. The molecule has 1 aliphatic rings. The normalized spacial score (nSPS) is 18.9. The van der Waals surface area contributed by atoms with Gasteiger partial charge in [0.2, 0.25) is 11.8 Å². The molecule has 0 spiro atoms. The van der Waals surface area contributed by atoms with Gasteiger partial charge < -0.3 is 9.42 Å². The van der Waals surface area contributed by atoms with Gasteiger partial charge in [-0.3, -0.25) is 9.89 Å². The Labute approximate surface area is 122 Å². The number of piperidine rings is 1. The van der Waals surface area contributed by atoms with E-state index in [0.717, 1.165) is 37.2 Å². The average molecular weight is 289 g/mol. The maximum atomic E-state index is 12.3. The number of likely N-dealkylation sites (tertiary alicyclic amines) is 1. The minimum Gasteiger partial charge on any atom is -0.342 e. The van der Waals surface area contributed by atoms with E-state index in [1.54, 1.807) is 13.1 Å². The molecular formula is C14H19N5O2. The lowest BCUT2D eigenvalue weighted by atomic mass is 9.97. The van der Waals surface area contributed by atoms with E-state index in [4.69, 9.17) is 4.52 Å². The minimum absolute atomic E-state index is 0.182. The highest BCUT2D eigenvalue weighted by atomic mass is 16.5. The highest BCUT2D eigenvalue weighted by molar-refractivity contribution is 5.76. The van der Waals surface area contributed by atoms with E-state index in [2.05, 4.69) is 20.3 Å². The lowest BCUT2D eigenvalue weighted by Crippen LogP contribution is -2.39. The van der Waals surface area contributed by atoms with Crippen molar-refractivity contribution in [2.24, 2.45) is 0 Å². The minimum atomic E-state index is 0.182. The molecule has 2 aromatic heterocycles. The third-order valence-corrected chi connectivity index (χ3v) is 3.86. The first-order valence-electron chi connectivity index (χ1n) is 7.28. The fourth-order valence-corrected chi connectivity index (χ4v) is 2.72. The Kier molecular flexibility index (Phi) is 3.98. The summed E-state index contributed by atoms with van der Waals surface area (Å²) in [4.78, 5) is 18.5. The molecule has 1 saturated heterocycles. The van der Waals surface area contributed by atoms with Gasteiger partial charge in [0.25, 0.3) is 0 Å². The van der Waals surface area contributed by atoms with Gasteiger partial charge in [0.1, 0.15) is 0 Å². The van der Waals surface area contributed by atoms with E-state index >= 15 is 0 Å². The smallest absolute Gasteiger partial charge is 0.223 e. The van der Waals surface area contributed by atoms with Gasteiger partial charge in [0.05, 0.1) is 6.20 Å². The van der Waals surface area contributed by atoms with Crippen molar-refractivity contribution in [3.05, 3.63) is 29.7 Å². The van der Waals surface area contributed by atoms with E-state index in [1.165, 1.54) is 0 Å². The summed E-state index contributed by atoms with van der Waals surface area (Å²) in [5, 5.41) is 10.6. The molecule has 0 saturated carbocycles. The molecule has 1 atom stereocenters. The number of aromatic nitrogens is 4. The lowest BCUT2D eigenvalue weighted by molar-refractivity contribution is -0.132. The second kappa shape index (κ2) is 6.07. The van der Waals surface area contributed by atoms with Crippen molar-refractivity contribution in [1.29, 1.82) is 0 Å². The number of nitrogens with one attached hydrogen (secondary N) is 1. The van der Waals surface area contributed by atoms with Gasteiger partial charge in [0.15, 0.2) is 5.82 Å². The monoisotopic (exact) mass is 289 g/mol. The number of carbonyl (C=O) groups excluding carboxylic acids is 1. The molecule has 1 unspecified atom stereocenters. The Morgan fingerprint density at radius 3 is 3.19 bits per heavy atom. The predicted octanol–water partition coefficient (Wildman–Crippen LogP) is 1.44. The SMILES string of the molecule is Cc1nc(C2CCCN(C(=O)CCc3cn[nH]c3)C2)no1. The topological polar surface area (TPSA) is 87.9 Å². The average Bonchev–Trinajstić information content (AvgIpc) is 3.16. The largest absolute Gasteiger partial charge is 0.342 e. The van der Waals surface area contributed by atoms with Crippen LogP contribution in [0.5, 0.6) is 0 Å². The van der Waals surface area contributed by atoms with Gasteiger partial charge in [-0.2, -0.15) is 10.1 Å². The third kappa shape index (κ3) is 3.29. The fourth-order valence-electron chi connectivity index (χ4n) is 2.72. The Morgan fingerprint density at radius 1 is 1.57 bits per heavy atom. The first-order chi connectivity index (χ1) is 10.2. The molecule has 1 aliphatic heterocycles. The second-order valence-electron chi connectivity index (χ2n) is 5.46. The number of hydrogen-bond donors (Lipinski definition) is 1. The van der Waals surface area contributed by atoms with E-state index < -0.39 is 0 Å². The number of aromatic amines is 1. The highest BCUT2D eigenvalue weighted by Crippen LogP contribution is 2.25. The van der Waals surface area contributed by atoms with Crippen molar-refractivity contribution in [2.75, 3.05) is 13.1 Å². The van der Waals surface area contributed by atoms with Gasteiger partial charge in [-0.15, -0.1) is 0 Å². The van der Waals surface area contributed by atoms with Crippen molar-refractivity contribution >= 4 is 5.91 Å². The molecule has 0 aliphatic carbocycles. The molecule has 1 amide bonds. The Hall–Kier alpha value is -2.18. The van der Waals surface area contributed by atoms with Crippen LogP contribution >= 0.6 is 0 Å². The third-order valence-electron chi connectivity index (χ3n) is 3.86. The fraction of sp³-hybridized carbons (Fsp3) is 0.571. The van der Waals surface area contributed by atoms with Crippen molar-refractivity contribution < 1.29 is 9.32 Å². The molecule has 7 nitrogen and oxygen atoms in total. The van der Waals surface area contributed by atoms with E-state index in [9.17, 15) is 4.79 Å². The number of aryl methyl sites for hydroxylation is 2. The van der Waals surface area contributed by atoms with Crippen LogP contribution in [0.1, 0.15) is 42.5 Å². The molecule has 0 bridgehead atoms. The second-order valence-corrected chi connectivity index (χ2v) is 5.46. The quantitative estimate of drug-likeness (QED) is 0.920. The molecule has 7 heteroatoms. The van der Waals surface area contributed by atoms with Crippen molar-refractivity contribution in [3.63, 3.8) is 0 Å². The summed E-state index contributed by atoms with van der Waals surface area (Å²) < 4.78 is 5.03. The number of rotatable bonds is 4. The zero-order chi connectivity index (χ0) is 14.7. The molecule has 3 rings (SSSR count). The van der Waals surface area contributed by atoms with Gasteiger partial charge in [0, 0.05) is 38.5 Å². The zero-order valence-electron chi connectivity index (χ0n) is 12.1. The van der Waals surface area contributed by atoms with Crippen LogP contribution in [-0.2, 0) is 11.2 Å². The van der Waals surface area contributed by atoms with E-state index in [1.807, 2.05) is 11.1 Å². The van der Waals surface area contributed by atoms with Crippen molar-refractivity contribution in [1.82, 2.24) is 25.2 Å². The van der Waals surface area contributed by atoms with Crippen LogP contribution in [0, 0.1) is 6.92 Å². The number of H-pyrrole nitrogens is 1. The van der Waals surface area contributed by atoms with Gasteiger partial charge in [-0.25, -0.2) is 0 Å². The van der Waals surface area contributed by atoms with Gasteiger partial charge in [-0.1, -0.05) is 5.16 Å². The van der Waals surface area contributed by atoms with Crippen LogP contribution in [0.4, 0.5) is 0 Å². The molecule has 1 N–H and O–H groups in total. The van der Waals surface area contributed by atoms with Crippen LogP contribution < -0.4 is 0 Å². The Bertz CT molecular complexity index is 592.